The molecule has 3 nitrogen and oxygen atoms in total. The first-order valence-electron chi connectivity index (χ1n) is 5.97. The minimum Gasteiger partial charge on any atom is -0.378 e. The monoisotopic (exact) mass is 295 g/mol. The molecular formula is C14H17NO2S2. The zero-order chi connectivity index (χ0) is 14.0. The van der Waals surface area contributed by atoms with Crippen LogP contribution in [0.4, 0.5) is 5.69 Å². The molecule has 0 fully saturated rings. The Morgan fingerprint density at radius 1 is 1.26 bits per heavy atom. The summed E-state index contributed by atoms with van der Waals surface area (Å²) in [4.78, 5) is 0.345. The molecule has 2 aromatic rings. The van der Waals surface area contributed by atoms with Crippen LogP contribution in [0.1, 0.15) is 24.1 Å². The van der Waals surface area contributed by atoms with Crippen LogP contribution in [0.2, 0.25) is 0 Å². The van der Waals surface area contributed by atoms with E-state index in [2.05, 4.69) is 23.7 Å². The Labute approximate surface area is 118 Å². The first kappa shape index (κ1) is 14.1. The third kappa shape index (κ3) is 3.36. The lowest BCUT2D eigenvalue weighted by Gasteiger charge is -2.17. The lowest BCUT2D eigenvalue weighted by molar-refractivity contribution is 0.602. The summed E-state index contributed by atoms with van der Waals surface area (Å²) in [5.41, 5.74) is 3.10. The highest BCUT2D eigenvalue weighted by atomic mass is 32.2. The number of sulfone groups is 1. The van der Waals surface area contributed by atoms with Gasteiger partial charge in [-0.25, -0.2) is 8.42 Å². The van der Waals surface area contributed by atoms with Crippen molar-refractivity contribution in [2.24, 2.45) is 0 Å². The molecule has 1 aromatic carbocycles. The molecule has 102 valence electrons. The molecule has 1 heterocycles. The standard InChI is InChI=1S/C14H17NO2S2/c1-10-4-5-13(19(3,16)17)8-14(10)15-11(2)12-6-7-18-9-12/h4-9,11,15H,1-3H3. The summed E-state index contributed by atoms with van der Waals surface area (Å²) in [6, 6.07) is 7.40. The second kappa shape index (κ2) is 5.35. The summed E-state index contributed by atoms with van der Waals surface area (Å²) in [6.07, 6.45) is 1.23. The molecule has 2 rings (SSSR count). The van der Waals surface area contributed by atoms with Gasteiger partial charge in [-0.2, -0.15) is 11.3 Å². The average molecular weight is 295 g/mol. The topological polar surface area (TPSA) is 46.2 Å². The molecule has 19 heavy (non-hydrogen) atoms. The molecule has 0 spiro atoms. The Kier molecular flexibility index (Phi) is 3.96. The summed E-state index contributed by atoms with van der Waals surface area (Å²) in [6.45, 7) is 4.03. The molecule has 1 atom stereocenters. The molecule has 0 aliphatic rings. The van der Waals surface area contributed by atoms with E-state index in [1.54, 1.807) is 23.5 Å². The molecule has 1 aromatic heterocycles. The second-order valence-corrected chi connectivity index (χ2v) is 7.47. The zero-order valence-corrected chi connectivity index (χ0v) is 12.8. The van der Waals surface area contributed by atoms with Gasteiger partial charge in [0, 0.05) is 18.0 Å². The lowest BCUT2D eigenvalue weighted by Crippen LogP contribution is -2.08. The van der Waals surface area contributed by atoms with Crippen molar-refractivity contribution in [2.75, 3.05) is 11.6 Å². The number of aryl methyl sites for hydroxylation is 1. The predicted octanol–water partition coefficient (Wildman–Crippen LogP) is 3.63. The summed E-state index contributed by atoms with van der Waals surface area (Å²) in [7, 11) is -3.17. The van der Waals surface area contributed by atoms with Crippen molar-refractivity contribution >= 4 is 26.9 Å². The fraction of sp³-hybridized carbons (Fsp3) is 0.286. The highest BCUT2D eigenvalue weighted by molar-refractivity contribution is 7.90. The van der Waals surface area contributed by atoms with E-state index in [-0.39, 0.29) is 6.04 Å². The highest BCUT2D eigenvalue weighted by Crippen LogP contribution is 2.25. The molecule has 0 aliphatic heterocycles. The molecule has 0 amide bonds. The Balaban J connectivity index is 2.30. The lowest BCUT2D eigenvalue weighted by atomic mass is 10.1. The molecular weight excluding hydrogens is 278 g/mol. The van der Waals surface area contributed by atoms with Crippen LogP contribution in [0.3, 0.4) is 0 Å². The maximum Gasteiger partial charge on any atom is 0.175 e. The Hall–Kier alpha value is -1.33. The van der Waals surface area contributed by atoms with Crippen molar-refractivity contribution in [2.45, 2.75) is 24.8 Å². The maximum atomic E-state index is 11.6. The molecule has 1 N–H and O–H groups in total. The summed E-state index contributed by atoms with van der Waals surface area (Å²) < 4.78 is 23.2. The van der Waals surface area contributed by atoms with E-state index in [0.29, 0.717) is 4.90 Å². The van der Waals surface area contributed by atoms with Gasteiger partial charge in [0.05, 0.1) is 4.90 Å². The highest BCUT2D eigenvalue weighted by Gasteiger charge is 2.12. The van der Waals surface area contributed by atoms with Gasteiger partial charge < -0.3 is 5.32 Å². The van der Waals surface area contributed by atoms with Gasteiger partial charge in [0.15, 0.2) is 9.84 Å². The van der Waals surface area contributed by atoms with Gasteiger partial charge in [-0.1, -0.05) is 6.07 Å². The summed E-state index contributed by atoms with van der Waals surface area (Å²) in [5.74, 6) is 0. The van der Waals surface area contributed by atoms with E-state index in [1.807, 2.05) is 18.4 Å². The number of hydrogen-bond donors (Lipinski definition) is 1. The van der Waals surface area contributed by atoms with Gasteiger partial charge in [0.2, 0.25) is 0 Å². The summed E-state index contributed by atoms with van der Waals surface area (Å²) in [5, 5.41) is 7.49. The van der Waals surface area contributed by atoms with E-state index in [9.17, 15) is 8.42 Å². The molecule has 0 bridgehead atoms. The smallest absolute Gasteiger partial charge is 0.175 e. The molecule has 0 aliphatic carbocycles. The molecule has 0 saturated heterocycles. The maximum absolute atomic E-state index is 11.6. The van der Waals surface area contributed by atoms with Gasteiger partial charge in [0.25, 0.3) is 0 Å². The first-order chi connectivity index (χ1) is 8.88. The minimum atomic E-state index is -3.17. The quantitative estimate of drug-likeness (QED) is 0.937. The number of thiophene rings is 1. The van der Waals surface area contributed by atoms with E-state index in [4.69, 9.17) is 0 Å². The van der Waals surface area contributed by atoms with Gasteiger partial charge in [-0.15, -0.1) is 0 Å². The van der Waals surface area contributed by atoms with Crippen LogP contribution < -0.4 is 5.32 Å². The predicted molar refractivity (Wildman–Crippen MR) is 80.6 cm³/mol. The van der Waals surface area contributed by atoms with Crippen molar-refractivity contribution in [3.63, 3.8) is 0 Å². The van der Waals surface area contributed by atoms with Crippen LogP contribution in [-0.4, -0.2) is 14.7 Å². The van der Waals surface area contributed by atoms with Crippen LogP contribution >= 0.6 is 11.3 Å². The molecule has 0 radical (unpaired) electrons. The number of rotatable bonds is 4. The van der Waals surface area contributed by atoms with E-state index in [1.165, 1.54) is 11.8 Å². The molecule has 0 saturated carbocycles. The van der Waals surface area contributed by atoms with Crippen molar-refractivity contribution in [1.29, 1.82) is 0 Å². The molecule has 5 heteroatoms. The minimum absolute atomic E-state index is 0.153. The van der Waals surface area contributed by atoms with Crippen LogP contribution in [0, 0.1) is 6.92 Å². The second-order valence-electron chi connectivity index (χ2n) is 4.67. The number of benzene rings is 1. The van der Waals surface area contributed by atoms with Crippen LogP contribution in [-0.2, 0) is 9.84 Å². The fourth-order valence-corrected chi connectivity index (χ4v) is 3.23. The normalized spacial score (nSPS) is 13.2. The average Bonchev–Trinajstić information content (AvgIpc) is 2.84. The Morgan fingerprint density at radius 3 is 2.58 bits per heavy atom. The largest absolute Gasteiger partial charge is 0.378 e. The third-order valence-corrected chi connectivity index (χ3v) is 4.86. The summed E-state index contributed by atoms with van der Waals surface area (Å²) >= 11 is 1.65. The van der Waals surface area contributed by atoms with Crippen molar-refractivity contribution < 1.29 is 8.42 Å². The fourth-order valence-electron chi connectivity index (χ4n) is 1.83. The van der Waals surface area contributed by atoms with Crippen molar-refractivity contribution in [3.8, 4) is 0 Å². The SMILES string of the molecule is Cc1ccc(S(C)(=O)=O)cc1NC(C)c1ccsc1. The number of anilines is 1. The van der Waals surface area contributed by atoms with Crippen molar-refractivity contribution in [3.05, 3.63) is 46.2 Å². The van der Waals surface area contributed by atoms with Gasteiger partial charge in [-0.05, 0) is 53.9 Å². The van der Waals surface area contributed by atoms with Crippen LogP contribution in [0.15, 0.2) is 39.9 Å². The van der Waals surface area contributed by atoms with E-state index >= 15 is 0 Å². The third-order valence-electron chi connectivity index (χ3n) is 3.05. The number of nitrogens with one attached hydrogen (secondary N) is 1. The van der Waals surface area contributed by atoms with Gasteiger partial charge >= 0.3 is 0 Å². The van der Waals surface area contributed by atoms with Gasteiger partial charge in [0.1, 0.15) is 0 Å². The molecule has 1 unspecified atom stereocenters. The Morgan fingerprint density at radius 2 is 2.00 bits per heavy atom. The van der Waals surface area contributed by atoms with E-state index in [0.717, 1.165) is 11.3 Å². The van der Waals surface area contributed by atoms with Crippen LogP contribution in [0.5, 0.6) is 0 Å². The van der Waals surface area contributed by atoms with Crippen molar-refractivity contribution in [1.82, 2.24) is 0 Å². The Bertz CT molecular complexity index is 661. The number of hydrogen-bond acceptors (Lipinski definition) is 4. The zero-order valence-electron chi connectivity index (χ0n) is 11.2. The van der Waals surface area contributed by atoms with Gasteiger partial charge in [-0.3, -0.25) is 0 Å². The first-order valence-corrected chi connectivity index (χ1v) is 8.80. The van der Waals surface area contributed by atoms with Crippen LogP contribution in [0.25, 0.3) is 0 Å². The van der Waals surface area contributed by atoms with E-state index < -0.39 is 9.84 Å².